The molecule has 0 unspecified atom stereocenters. The highest BCUT2D eigenvalue weighted by atomic mass is 14.6. The third-order valence-corrected chi connectivity index (χ3v) is 2.63. The molecular weight excluding hydrogens is 158 g/mol. The van der Waals surface area contributed by atoms with Gasteiger partial charge in [-0.2, -0.15) is 0 Å². The second kappa shape index (κ2) is 3.14. The van der Waals surface area contributed by atoms with Crippen molar-refractivity contribution in [1.29, 1.82) is 0 Å². The summed E-state index contributed by atoms with van der Waals surface area (Å²) in [7, 11) is 0. The van der Waals surface area contributed by atoms with Crippen molar-refractivity contribution in [2.75, 3.05) is 0 Å². The lowest BCUT2D eigenvalue weighted by Gasteiger charge is -2.14. The van der Waals surface area contributed by atoms with E-state index in [1.165, 1.54) is 16.7 Å². The van der Waals surface area contributed by atoms with Crippen molar-refractivity contribution in [3.8, 4) is 11.8 Å². The second-order valence-corrected chi connectivity index (χ2v) is 3.46. The zero-order chi connectivity index (χ0) is 9.26. The van der Waals surface area contributed by atoms with Gasteiger partial charge in [0.05, 0.1) is 5.70 Å². The van der Waals surface area contributed by atoms with Crippen LogP contribution in [0.1, 0.15) is 26.2 Å². The van der Waals surface area contributed by atoms with Crippen LogP contribution < -0.4 is 5.73 Å². The first-order chi connectivity index (χ1) is 6.29. The Morgan fingerprint density at radius 3 is 3.15 bits per heavy atom. The quantitative estimate of drug-likeness (QED) is 0.556. The predicted octanol–water partition coefficient (Wildman–Crippen LogP) is 2.27. The van der Waals surface area contributed by atoms with E-state index in [2.05, 4.69) is 30.9 Å². The van der Waals surface area contributed by atoms with Gasteiger partial charge in [-0.25, -0.2) is 0 Å². The van der Waals surface area contributed by atoms with Crippen molar-refractivity contribution in [1.82, 2.24) is 0 Å². The molecule has 1 heteroatoms. The highest BCUT2D eigenvalue weighted by Crippen LogP contribution is 2.29. The van der Waals surface area contributed by atoms with Crippen LogP contribution in [0.15, 0.2) is 34.6 Å². The van der Waals surface area contributed by atoms with Crippen molar-refractivity contribution >= 4 is 0 Å². The summed E-state index contributed by atoms with van der Waals surface area (Å²) < 4.78 is 0. The molecule has 0 spiro atoms. The first-order valence-corrected chi connectivity index (χ1v) is 4.63. The molecule has 0 aromatic carbocycles. The summed E-state index contributed by atoms with van der Waals surface area (Å²) in [5, 5.41) is 0. The minimum Gasteiger partial charge on any atom is -0.392 e. The summed E-state index contributed by atoms with van der Waals surface area (Å²) in [4.78, 5) is 0. The summed E-state index contributed by atoms with van der Waals surface area (Å²) >= 11 is 0. The summed E-state index contributed by atoms with van der Waals surface area (Å²) in [6.45, 7) is 2.07. The minimum absolute atomic E-state index is 0.750. The summed E-state index contributed by atoms with van der Waals surface area (Å²) in [5.74, 6) is 6.07. The van der Waals surface area contributed by atoms with Crippen LogP contribution in [0.5, 0.6) is 0 Å². The number of nitrogens with two attached hydrogens (primary N) is 1. The third kappa shape index (κ3) is 1.40. The fourth-order valence-corrected chi connectivity index (χ4v) is 1.80. The van der Waals surface area contributed by atoms with Gasteiger partial charge >= 0.3 is 0 Å². The van der Waals surface area contributed by atoms with E-state index in [0.717, 1.165) is 25.0 Å². The standard InChI is InChI=1S/C12H13N/c1-9-11-7-3-2-5-10(11)6-4-8-12(9)13/h2,5H,3,6-7,13H2,1H3. The summed E-state index contributed by atoms with van der Waals surface area (Å²) in [5.41, 5.74) is 10.5. The molecule has 1 nitrogen and oxygen atoms in total. The highest BCUT2D eigenvalue weighted by molar-refractivity contribution is 5.51. The maximum atomic E-state index is 5.83. The van der Waals surface area contributed by atoms with E-state index in [1.54, 1.807) is 0 Å². The normalized spacial score (nSPS) is 20.7. The molecule has 2 rings (SSSR count). The van der Waals surface area contributed by atoms with Crippen LogP contribution in [0.2, 0.25) is 0 Å². The Morgan fingerprint density at radius 2 is 2.31 bits per heavy atom. The first-order valence-electron chi connectivity index (χ1n) is 4.63. The Labute approximate surface area is 79.0 Å². The zero-order valence-electron chi connectivity index (χ0n) is 7.85. The van der Waals surface area contributed by atoms with Gasteiger partial charge in [0, 0.05) is 6.42 Å². The van der Waals surface area contributed by atoms with E-state index in [4.69, 9.17) is 5.73 Å². The van der Waals surface area contributed by atoms with E-state index in [0.29, 0.717) is 0 Å². The average molecular weight is 171 g/mol. The molecule has 2 N–H and O–H groups in total. The SMILES string of the molecule is CC1=C(N)C#CCC2=C1CCC=C2. The minimum atomic E-state index is 0.750. The van der Waals surface area contributed by atoms with Crippen LogP contribution in [-0.2, 0) is 0 Å². The van der Waals surface area contributed by atoms with Crippen molar-refractivity contribution in [2.24, 2.45) is 5.73 Å². The number of rotatable bonds is 0. The summed E-state index contributed by atoms with van der Waals surface area (Å²) in [6, 6.07) is 0. The van der Waals surface area contributed by atoms with E-state index in [1.807, 2.05) is 0 Å². The maximum Gasteiger partial charge on any atom is 0.0859 e. The molecule has 0 saturated carbocycles. The molecule has 0 atom stereocenters. The van der Waals surface area contributed by atoms with Gasteiger partial charge in [-0.3, -0.25) is 0 Å². The maximum absolute atomic E-state index is 5.83. The second-order valence-electron chi connectivity index (χ2n) is 3.46. The third-order valence-electron chi connectivity index (χ3n) is 2.63. The van der Waals surface area contributed by atoms with Gasteiger partial charge in [0.15, 0.2) is 0 Å². The molecule has 0 aliphatic heterocycles. The molecule has 66 valence electrons. The van der Waals surface area contributed by atoms with Gasteiger partial charge in [0.2, 0.25) is 0 Å². The molecule has 0 heterocycles. The molecule has 0 radical (unpaired) electrons. The van der Waals surface area contributed by atoms with Gasteiger partial charge in [0.1, 0.15) is 0 Å². The molecule has 2 aliphatic rings. The Morgan fingerprint density at radius 1 is 1.46 bits per heavy atom. The Kier molecular flexibility index (Phi) is 1.98. The molecular formula is C12H13N. The molecule has 0 aromatic heterocycles. The van der Waals surface area contributed by atoms with Crippen molar-refractivity contribution in [3.63, 3.8) is 0 Å². The van der Waals surface area contributed by atoms with Gasteiger partial charge in [0.25, 0.3) is 0 Å². The largest absolute Gasteiger partial charge is 0.392 e. The lowest BCUT2D eigenvalue weighted by Crippen LogP contribution is -2.02. The lowest BCUT2D eigenvalue weighted by atomic mass is 9.91. The molecule has 2 aliphatic carbocycles. The van der Waals surface area contributed by atoms with Crippen molar-refractivity contribution in [3.05, 3.63) is 34.6 Å². The topological polar surface area (TPSA) is 26.0 Å². The Balaban J connectivity index is 2.51. The van der Waals surface area contributed by atoms with Gasteiger partial charge in [-0.15, -0.1) is 0 Å². The number of hydrogen-bond acceptors (Lipinski definition) is 1. The van der Waals surface area contributed by atoms with Gasteiger partial charge < -0.3 is 5.73 Å². The van der Waals surface area contributed by atoms with Crippen LogP contribution in [0.3, 0.4) is 0 Å². The molecule has 0 fully saturated rings. The van der Waals surface area contributed by atoms with E-state index in [-0.39, 0.29) is 0 Å². The molecule has 0 bridgehead atoms. The Bertz CT molecular complexity index is 383. The zero-order valence-corrected chi connectivity index (χ0v) is 7.85. The lowest BCUT2D eigenvalue weighted by molar-refractivity contribution is 0.934. The fraction of sp³-hybridized carbons (Fsp3) is 0.333. The van der Waals surface area contributed by atoms with E-state index < -0.39 is 0 Å². The van der Waals surface area contributed by atoms with E-state index >= 15 is 0 Å². The summed E-state index contributed by atoms with van der Waals surface area (Å²) in [6.07, 6.45) is 7.50. The molecule has 0 aromatic rings. The first kappa shape index (κ1) is 8.19. The Hall–Kier alpha value is -1.42. The molecule has 0 amide bonds. The molecule has 13 heavy (non-hydrogen) atoms. The molecule has 0 saturated heterocycles. The van der Waals surface area contributed by atoms with Crippen LogP contribution >= 0.6 is 0 Å². The van der Waals surface area contributed by atoms with Gasteiger partial charge in [-0.05, 0) is 42.4 Å². The van der Waals surface area contributed by atoms with Crippen LogP contribution in [0, 0.1) is 11.8 Å². The van der Waals surface area contributed by atoms with Crippen molar-refractivity contribution in [2.45, 2.75) is 26.2 Å². The van der Waals surface area contributed by atoms with Crippen LogP contribution in [0.25, 0.3) is 0 Å². The monoisotopic (exact) mass is 171 g/mol. The van der Waals surface area contributed by atoms with Crippen molar-refractivity contribution < 1.29 is 0 Å². The van der Waals surface area contributed by atoms with Crippen LogP contribution in [-0.4, -0.2) is 0 Å². The van der Waals surface area contributed by atoms with E-state index in [9.17, 15) is 0 Å². The number of allylic oxidation sites excluding steroid dienone is 6. The van der Waals surface area contributed by atoms with Gasteiger partial charge in [-0.1, -0.05) is 18.1 Å². The van der Waals surface area contributed by atoms with Crippen LogP contribution in [0.4, 0.5) is 0 Å². The highest BCUT2D eigenvalue weighted by Gasteiger charge is 2.12. The fourth-order valence-electron chi connectivity index (χ4n) is 1.80. The smallest absolute Gasteiger partial charge is 0.0859 e. The predicted molar refractivity (Wildman–Crippen MR) is 54.7 cm³/mol. The average Bonchev–Trinajstić information content (AvgIpc) is 2.29. The number of hydrogen-bond donors (Lipinski definition) is 1.